The summed E-state index contributed by atoms with van der Waals surface area (Å²) < 4.78 is 0. The molecule has 16 heavy (non-hydrogen) atoms. The van der Waals surface area contributed by atoms with Crippen LogP contribution in [0.25, 0.3) is 0 Å². The highest BCUT2D eigenvalue weighted by molar-refractivity contribution is 5.42. The molecule has 0 amide bonds. The molecule has 90 valence electrons. The van der Waals surface area contributed by atoms with Crippen molar-refractivity contribution in [2.45, 2.75) is 32.6 Å². The second-order valence-electron chi connectivity index (χ2n) is 4.34. The second kappa shape index (κ2) is 8.17. The van der Waals surface area contributed by atoms with Crippen LogP contribution < -0.4 is 5.32 Å². The molecule has 0 bridgehead atoms. The van der Waals surface area contributed by atoms with Crippen molar-refractivity contribution in [3.8, 4) is 0 Å². The highest BCUT2D eigenvalue weighted by Crippen LogP contribution is 2.05. The number of para-hydroxylation sites is 1. The van der Waals surface area contributed by atoms with Gasteiger partial charge in [0.1, 0.15) is 0 Å². The molecule has 0 aliphatic heterocycles. The third-order valence-electron chi connectivity index (χ3n) is 2.72. The summed E-state index contributed by atoms with van der Waals surface area (Å²) in [6.45, 7) is 4.36. The zero-order chi connectivity index (χ0) is 11.6. The van der Waals surface area contributed by atoms with Crippen LogP contribution in [0.15, 0.2) is 30.3 Å². The summed E-state index contributed by atoms with van der Waals surface area (Å²) in [4.78, 5) is 2.34. The van der Waals surface area contributed by atoms with Crippen LogP contribution in [0.5, 0.6) is 0 Å². The largest absolute Gasteiger partial charge is 0.372 e. The molecule has 2 heteroatoms. The maximum absolute atomic E-state index is 3.41. The third kappa shape index (κ3) is 5.76. The van der Waals surface area contributed by atoms with Gasteiger partial charge in [-0.1, -0.05) is 44.4 Å². The number of benzene rings is 1. The fraction of sp³-hybridized carbons (Fsp3) is 0.571. The van der Waals surface area contributed by atoms with Crippen LogP contribution in [0.2, 0.25) is 0 Å². The van der Waals surface area contributed by atoms with Gasteiger partial charge in [-0.15, -0.1) is 0 Å². The van der Waals surface area contributed by atoms with Gasteiger partial charge in [0.25, 0.3) is 0 Å². The molecule has 0 saturated heterocycles. The molecule has 1 rings (SSSR count). The van der Waals surface area contributed by atoms with Crippen molar-refractivity contribution in [3.05, 3.63) is 30.3 Å². The van der Waals surface area contributed by atoms with Gasteiger partial charge in [-0.3, -0.25) is 4.90 Å². The highest BCUT2D eigenvalue weighted by atomic mass is 15.2. The van der Waals surface area contributed by atoms with Crippen molar-refractivity contribution < 1.29 is 0 Å². The molecule has 0 radical (unpaired) electrons. The monoisotopic (exact) mass is 220 g/mol. The Balaban J connectivity index is 2.08. The fourth-order valence-electron chi connectivity index (χ4n) is 1.67. The predicted molar refractivity (Wildman–Crippen MR) is 71.7 cm³/mol. The summed E-state index contributed by atoms with van der Waals surface area (Å²) in [6.07, 6.45) is 5.33. The van der Waals surface area contributed by atoms with Gasteiger partial charge in [0, 0.05) is 5.69 Å². The Bertz CT molecular complexity index is 259. The SMILES string of the molecule is CCCCCCN(C)CNc1ccccc1. The van der Waals surface area contributed by atoms with Gasteiger partial charge in [0.2, 0.25) is 0 Å². The van der Waals surface area contributed by atoms with E-state index in [4.69, 9.17) is 0 Å². The van der Waals surface area contributed by atoms with Crippen LogP contribution in [-0.2, 0) is 0 Å². The van der Waals surface area contributed by atoms with E-state index in [1.54, 1.807) is 0 Å². The van der Waals surface area contributed by atoms with Gasteiger partial charge in [0.05, 0.1) is 6.67 Å². The van der Waals surface area contributed by atoms with Crippen LogP contribution in [0.3, 0.4) is 0 Å². The van der Waals surface area contributed by atoms with Crippen molar-refractivity contribution in [1.82, 2.24) is 4.90 Å². The number of rotatable bonds is 8. The second-order valence-corrected chi connectivity index (χ2v) is 4.34. The number of nitrogens with one attached hydrogen (secondary N) is 1. The van der Waals surface area contributed by atoms with Gasteiger partial charge >= 0.3 is 0 Å². The van der Waals surface area contributed by atoms with Crippen molar-refractivity contribution >= 4 is 5.69 Å². The van der Waals surface area contributed by atoms with E-state index in [-0.39, 0.29) is 0 Å². The highest BCUT2D eigenvalue weighted by Gasteiger charge is 1.97. The minimum Gasteiger partial charge on any atom is -0.372 e. The summed E-state index contributed by atoms with van der Waals surface area (Å²) in [5.41, 5.74) is 1.20. The van der Waals surface area contributed by atoms with E-state index in [2.05, 4.69) is 48.5 Å². The minimum atomic E-state index is 0.927. The normalized spacial score (nSPS) is 10.7. The summed E-state index contributed by atoms with van der Waals surface area (Å²) in [6, 6.07) is 10.4. The zero-order valence-corrected chi connectivity index (χ0v) is 10.6. The molecule has 2 nitrogen and oxygen atoms in total. The third-order valence-corrected chi connectivity index (χ3v) is 2.72. The van der Waals surface area contributed by atoms with Crippen molar-refractivity contribution in [3.63, 3.8) is 0 Å². The number of hydrogen-bond donors (Lipinski definition) is 1. The fourth-order valence-corrected chi connectivity index (χ4v) is 1.67. The molecule has 0 spiro atoms. The van der Waals surface area contributed by atoms with Crippen LogP contribution >= 0.6 is 0 Å². The minimum absolute atomic E-state index is 0.927. The number of anilines is 1. The van der Waals surface area contributed by atoms with Gasteiger partial charge in [-0.2, -0.15) is 0 Å². The molecule has 0 saturated carbocycles. The van der Waals surface area contributed by atoms with Crippen LogP contribution in [0, 0.1) is 0 Å². The van der Waals surface area contributed by atoms with E-state index in [9.17, 15) is 0 Å². The zero-order valence-electron chi connectivity index (χ0n) is 10.6. The van der Waals surface area contributed by atoms with Crippen LogP contribution in [0.1, 0.15) is 32.6 Å². The van der Waals surface area contributed by atoms with Gasteiger partial charge in [0.15, 0.2) is 0 Å². The van der Waals surface area contributed by atoms with E-state index in [1.807, 2.05) is 6.07 Å². The average molecular weight is 220 g/mol. The van der Waals surface area contributed by atoms with Crippen LogP contribution in [-0.4, -0.2) is 25.2 Å². The number of unbranched alkanes of at least 4 members (excludes halogenated alkanes) is 3. The molecule has 1 aromatic rings. The van der Waals surface area contributed by atoms with E-state index >= 15 is 0 Å². The Kier molecular flexibility index (Phi) is 6.66. The lowest BCUT2D eigenvalue weighted by Crippen LogP contribution is -2.26. The Labute approximate surface area is 99.7 Å². The summed E-state index contributed by atoms with van der Waals surface area (Å²) in [7, 11) is 2.17. The molecule has 0 unspecified atom stereocenters. The first kappa shape index (κ1) is 13.0. The Morgan fingerprint density at radius 3 is 2.50 bits per heavy atom. The first-order chi connectivity index (χ1) is 7.83. The topological polar surface area (TPSA) is 15.3 Å². The summed E-state index contributed by atoms with van der Waals surface area (Å²) in [5.74, 6) is 0. The standard InChI is InChI=1S/C14H24N2/c1-3-4-5-9-12-16(2)13-15-14-10-7-6-8-11-14/h6-8,10-11,15H,3-5,9,12-13H2,1-2H3. The van der Waals surface area contributed by atoms with Crippen molar-refractivity contribution in [2.24, 2.45) is 0 Å². The van der Waals surface area contributed by atoms with E-state index < -0.39 is 0 Å². The Hall–Kier alpha value is -1.02. The Morgan fingerprint density at radius 2 is 1.81 bits per heavy atom. The average Bonchev–Trinajstić information content (AvgIpc) is 2.33. The lowest BCUT2D eigenvalue weighted by atomic mass is 10.2. The van der Waals surface area contributed by atoms with E-state index in [1.165, 1.54) is 37.9 Å². The maximum Gasteiger partial charge on any atom is 0.0675 e. The summed E-state index contributed by atoms with van der Waals surface area (Å²) in [5, 5.41) is 3.41. The summed E-state index contributed by atoms with van der Waals surface area (Å²) >= 11 is 0. The molecule has 1 aromatic carbocycles. The lowest BCUT2D eigenvalue weighted by molar-refractivity contribution is 0.346. The molecule has 0 aliphatic rings. The predicted octanol–water partition coefficient (Wildman–Crippen LogP) is 3.57. The van der Waals surface area contributed by atoms with Crippen LogP contribution in [0.4, 0.5) is 5.69 Å². The quantitative estimate of drug-likeness (QED) is 0.532. The van der Waals surface area contributed by atoms with Gasteiger partial charge < -0.3 is 5.32 Å². The van der Waals surface area contributed by atoms with Crippen molar-refractivity contribution in [2.75, 3.05) is 25.6 Å². The molecule has 0 heterocycles. The molecule has 0 aromatic heterocycles. The number of hydrogen-bond acceptors (Lipinski definition) is 2. The van der Waals surface area contributed by atoms with E-state index in [0.29, 0.717) is 0 Å². The first-order valence-electron chi connectivity index (χ1n) is 6.30. The molecule has 1 N–H and O–H groups in total. The molecule has 0 fully saturated rings. The van der Waals surface area contributed by atoms with E-state index in [0.717, 1.165) is 6.67 Å². The molecular formula is C14H24N2. The smallest absolute Gasteiger partial charge is 0.0675 e. The number of nitrogens with zero attached hydrogens (tertiary/aromatic N) is 1. The first-order valence-corrected chi connectivity index (χ1v) is 6.30. The molecule has 0 atom stereocenters. The van der Waals surface area contributed by atoms with Gasteiger partial charge in [-0.25, -0.2) is 0 Å². The van der Waals surface area contributed by atoms with Gasteiger partial charge in [-0.05, 0) is 32.1 Å². The molecule has 0 aliphatic carbocycles. The lowest BCUT2D eigenvalue weighted by Gasteiger charge is -2.17. The Morgan fingerprint density at radius 1 is 1.06 bits per heavy atom. The maximum atomic E-state index is 3.41. The van der Waals surface area contributed by atoms with Crippen molar-refractivity contribution in [1.29, 1.82) is 0 Å². The molecular weight excluding hydrogens is 196 g/mol.